The lowest BCUT2D eigenvalue weighted by Crippen LogP contribution is -2.50. The summed E-state index contributed by atoms with van der Waals surface area (Å²) >= 11 is 0. The SMILES string of the molecule is CS(=O)(=O)N1CCCC(NC(=O)COc2ccccc2C(F)(F)F)C1. The molecule has 1 aliphatic heterocycles. The summed E-state index contributed by atoms with van der Waals surface area (Å²) in [7, 11) is -3.35. The number of nitrogens with zero attached hydrogens (tertiary/aromatic N) is 1. The number of ether oxygens (including phenoxy) is 1. The fourth-order valence-corrected chi connectivity index (χ4v) is 3.51. The van der Waals surface area contributed by atoms with Gasteiger partial charge in [0.05, 0.1) is 11.8 Å². The molecule has 1 unspecified atom stereocenters. The number of amides is 1. The zero-order valence-corrected chi connectivity index (χ0v) is 14.4. The molecule has 1 heterocycles. The summed E-state index contributed by atoms with van der Waals surface area (Å²) in [6.45, 7) is -0.0488. The lowest BCUT2D eigenvalue weighted by molar-refractivity contribution is -0.139. The van der Waals surface area contributed by atoms with Gasteiger partial charge in [-0.15, -0.1) is 0 Å². The molecular formula is C15H19F3N2O4S. The molecule has 1 aromatic carbocycles. The first-order chi connectivity index (χ1) is 11.6. The molecule has 1 fully saturated rings. The van der Waals surface area contributed by atoms with Crippen LogP contribution in [0.2, 0.25) is 0 Å². The van der Waals surface area contributed by atoms with E-state index in [1.54, 1.807) is 0 Å². The Kier molecular flexibility index (Phi) is 5.94. The summed E-state index contributed by atoms with van der Waals surface area (Å²) in [5, 5.41) is 2.60. The zero-order chi connectivity index (χ0) is 18.7. The van der Waals surface area contributed by atoms with Crippen LogP contribution in [0.25, 0.3) is 0 Å². The third kappa shape index (κ3) is 5.60. The van der Waals surface area contributed by atoms with E-state index in [2.05, 4.69) is 5.32 Å². The van der Waals surface area contributed by atoms with Crippen LogP contribution in [0.1, 0.15) is 18.4 Å². The van der Waals surface area contributed by atoms with Gasteiger partial charge in [0.25, 0.3) is 5.91 Å². The normalized spacial score (nSPS) is 19.4. The van der Waals surface area contributed by atoms with Gasteiger partial charge in [-0.3, -0.25) is 4.79 Å². The second-order valence-electron chi connectivity index (χ2n) is 5.81. The van der Waals surface area contributed by atoms with Crippen molar-refractivity contribution < 1.29 is 31.1 Å². The first-order valence-corrected chi connectivity index (χ1v) is 9.45. The van der Waals surface area contributed by atoms with Crippen LogP contribution in [0, 0.1) is 0 Å². The number of alkyl halides is 3. The number of halogens is 3. The number of carbonyl (C=O) groups is 1. The Hall–Kier alpha value is -1.81. The van der Waals surface area contributed by atoms with Gasteiger partial charge in [0.15, 0.2) is 6.61 Å². The average molecular weight is 380 g/mol. The van der Waals surface area contributed by atoms with E-state index in [1.807, 2.05) is 0 Å². The molecule has 1 aromatic rings. The molecule has 25 heavy (non-hydrogen) atoms. The number of carbonyl (C=O) groups excluding carboxylic acids is 1. The van der Waals surface area contributed by atoms with Crippen molar-refractivity contribution in [2.45, 2.75) is 25.1 Å². The summed E-state index contributed by atoms with van der Waals surface area (Å²) in [6.07, 6.45) is -2.30. The van der Waals surface area contributed by atoms with Crippen LogP contribution in [-0.2, 0) is 21.0 Å². The van der Waals surface area contributed by atoms with Crippen molar-refractivity contribution in [3.05, 3.63) is 29.8 Å². The van der Waals surface area contributed by atoms with Gasteiger partial charge in [0.1, 0.15) is 5.75 Å². The Morgan fingerprint density at radius 3 is 2.68 bits per heavy atom. The van der Waals surface area contributed by atoms with Crippen molar-refractivity contribution in [3.63, 3.8) is 0 Å². The minimum atomic E-state index is -4.58. The minimum Gasteiger partial charge on any atom is -0.483 e. The summed E-state index contributed by atoms with van der Waals surface area (Å²) < 4.78 is 67.9. The van der Waals surface area contributed by atoms with Gasteiger partial charge in [-0.2, -0.15) is 13.2 Å². The average Bonchev–Trinajstić information content (AvgIpc) is 2.52. The Morgan fingerprint density at radius 2 is 2.04 bits per heavy atom. The molecule has 1 saturated heterocycles. The molecule has 0 aromatic heterocycles. The van der Waals surface area contributed by atoms with E-state index in [0.29, 0.717) is 19.4 Å². The number of para-hydroxylation sites is 1. The molecule has 1 amide bonds. The van der Waals surface area contributed by atoms with E-state index in [0.717, 1.165) is 18.4 Å². The van der Waals surface area contributed by atoms with Crippen molar-refractivity contribution in [2.24, 2.45) is 0 Å². The smallest absolute Gasteiger partial charge is 0.419 e. The molecule has 10 heteroatoms. The Labute approximate surface area is 144 Å². The van der Waals surface area contributed by atoms with Crippen molar-refractivity contribution in [2.75, 3.05) is 26.0 Å². The highest BCUT2D eigenvalue weighted by atomic mass is 32.2. The maximum absolute atomic E-state index is 12.9. The first-order valence-electron chi connectivity index (χ1n) is 7.61. The van der Waals surface area contributed by atoms with Crippen LogP contribution in [0.3, 0.4) is 0 Å². The Morgan fingerprint density at radius 1 is 1.36 bits per heavy atom. The van der Waals surface area contributed by atoms with Crippen LogP contribution in [0.15, 0.2) is 24.3 Å². The van der Waals surface area contributed by atoms with Crippen LogP contribution in [0.4, 0.5) is 13.2 Å². The Balaban J connectivity index is 1.92. The summed E-state index contributed by atoms with van der Waals surface area (Å²) in [4.78, 5) is 11.9. The maximum Gasteiger partial charge on any atom is 0.419 e. The third-order valence-electron chi connectivity index (χ3n) is 3.77. The van der Waals surface area contributed by atoms with E-state index in [9.17, 15) is 26.4 Å². The summed E-state index contributed by atoms with van der Waals surface area (Å²) in [5.74, 6) is -1.02. The van der Waals surface area contributed by atoms with Gasteiger partial charge in [0, 0.05) is 19.1 Å². The van der Waals surface area contributed by atoms with E-state index in [-0.39, 0.29) is 6.54 Å². The predicted molar refractivity (Wildman–Crippen MR) is 84.5 cm³/mol. The number of sulfonamides is 1. The number of hydrogen-bond donors (Lipinski definition) is 1. The van der Waals surface area contributed by atoms with E-state index in [4.69, 9.17) is 4.74 Å². The van der Waals surface area contributed by atoms with Gasteiger partial charge in [0.2, 0.25) is 10.0 Å². The fraction of sp³-hybridized carbons (Fsp3) is 0.533. The van der Waals surface area contributed by atoms with Crippen LogP contribution in [0.5, 0.6) is 5.75 Å². The molecule has 2 rings (SSSR count). The number of rotatable bonds is 5. The number of piperidine rings is 1. The van der Waals surface area contributed by atoms with Crippen LogP contribution >= 0.6 is 0 Å². The zero-order valence-electron chi connectivity index (χ0n) is 13.5. The standard InChI is InChI=1S/C15H19F3N2O4S/c1-25(22,23)20-8-4-5-11(9-20)19-14(21)10-24-13-7-3-2-6-12(13)15(16,17)18/h2-3,6-7,11H,4-5,8-10H2,1H3,(H,19,21). The highest BCUT2D eigenvalue weighted by Crippen LogP contribution is 2.35. The van der Waals surface area contributed by atoms with E-state index >= 15 is 0 Å². The highest BCUT2D eigenvalue weighted by Gasteiger charge is 2.34. The quantitative estimate of drug-likeness (QED) is 0.842. The third-order valence-corrected chi connectivity index (χ3v) is 5.04. The fourth-order valence-electron chi connectivity index (χ4n) is 2.60. The second-order valence-corrected chi connectivity index (χ2v) is 7.79. The van der Waals surface area contributed by atoms with Gasteiger partial charge in [-0.25, -0.2) is 12.7 Å². The number of nitrogens with one attached hydrogen (secondary N) is 1. The minimum absolute atomic E-state index is 0.143. The van der Waals surface area contributed by atoms with Gasteiger partial charge in [-0.1, -0.05) is 12.1 Å². The molecule has 1 N–H and O–H groups in total. The molecule has 0 saturated carbocycles. The van der Waals surface area contributed by atoms with Crippen molar-refractivity contribution >= 4 is 15.9 Å². The largest absolute Gasteiger partial charge is 0.483 e. The highest BCUT2D eigenvalue weighted by molar-refractivity contribution is 7.88. The molecule has 0 aliphatic carbocycles. The topological polar surface area (TPSA) is 75.7 Å². The molecule has 0 bridgehead atoms. The van der Waals surface area contributed by atoms with Crippen molar-refractivity contribution in [1.82, 2.24) is 9.62 Å². The van der Waals surface area contributed by atoms with Crippen LogP contribution in [-0.4, -0.2) is 50.6 Å². The van der Waals surface area contributed by atoms with Gasteiger partial charge >= 0.3 is 6.18 Å². The molecular weight excluding hydrogens is 361 g/mol. The summed E-state index contributed by atoms with van der Waals surface area (Å²) in [5.41, 5.74) is -0.955. The molecule has 1 atom stereocenters. The summed E-state index contributed by atoms with van der Waals surface area (Å²) in [6, 6.07) is 4.24. The molecule has 0 radical (unpaired) electrons. The van der Waals surface area contributed by atoms with Gasteiger partial charge in [-0.05, 0) is 25.0 Å². The van der Waals surface area contributed by atoms with Crippen molar-refractivity contribution in [1.29, 1.82) is 0 Å². The molecule has 1 aliphatic rings. The van der Waals surface area contributed by atoms with Gasteiger partial charge < -0.3 is 10.1 Å². The van der Waals surface area contributed by atoms with E-state index < -0.39 is 46.1 Å². The lowest BCUT2D eigenvalue weighted by Gasteiger charge is -2.31. The number of hydrogen-bond acceptors (Lipinski definition) is 4. The molecule has 140 valence electrons. The predicted octanol–water partition coefficient (Wildman–Crippen LogP) is 1.62. The van der Waals surface area contributed by atoms with Crippen LogP contribution < -0.4 is 10.1 Å². The number of benzene rings is 1. The molecule has 6 nitrogen and oxygen atoms in total. The maximum atomic E-state index is 12.9. The monoisotopic (exact) mass is 380 g/mol. The second kappa shape index (κ2) is 7.61. The van der Waals surface area contributed by atoms with E-state index in [1.165, 1.54) is 16.4 Å². The lowest BCUT2D eigenvalue weighted by atomic mass is 10.1. The Bertz CT molecular complexity index is 722. The first kappa shape index (κ1) is 19.5. The van der Waals surface area contributed by atoms with Crippen molar-refractivity contribution in [3.8, 4) is 5.75 Å². The molecule has 0 spiro atoms.